The van der Waals surface area contributed by atoms with Crippen LogP contribution >= 0.6 is 11.6 Å². The molecule has 0 aliphatic rings. The van der Waals surface area contributed by atoms with Crippen molar-refractivity contribution in [2.24, 2.45) is 0 Å². The van der Waals surface area contributed by atoms with Gasteiger partial charge in [-0.1, -0.05) is 11.6 Å². The highest BCUT2D eigenvalue weighted by molar-refractivity contribution is 6.32. The monoisotopic (exact) mass is 256 g/mol. The van der Waals surface area contributed by atoms with Crippen molar-refractivity contribution in [3.8, 4) is 5.75 Å². The zero-order valence-electron chi connectivity index (χ0n) is 10.5. The van der Waals surface area contributed by atoms with Gasteiger partial charge in [0.05, 0.1) is 22.8 Å². The molecule has 1 aromatic rings. The second kappa shape index (κ2) is 5.92. The number of hydrogen-bond donors (Lipinski definition) is 0. The van der Waals surface area contributed by atoms with Crippen LogP contribution in [0, 0.1) is 0 Å². The SMILES string of the molecule is CC(C)OC(=O)c1ccc(Cl)c(OC(C)C)c1. The topological polar surface area (TPSA) is 35.5 Å². The molecule has 0 amide bonds. The zero-order chi connectivity index (χ0) is 13.0. The summed E-state index contributed by atoms with van der Waals surface area (Å²) in [5.41, 5.74) is 0.443. The van der Waals surface area contributed by atoms with Gasteiger partial charge in [-0.05, 0) is 45.9 Å². The minimum Gasteiger partial charge on any atom is -0.489 e. The van der Waals surface area contributed by atoms with Crippen LogP contribution in [0.4, 0.5) is 0 Å². The summed E-state index contributed by atoms with van der Waals surface area (Å²) in [7, 11) is 0. The van der Waals surface area contributed by atoms with Gasteiger partial charge in [0.25, 0.3) is 0 Å². The van der Waals surface area contributed by atoms with Crippen LogP contribution in [0.25, 0.3) is 0 Å². The summed E-state index contributed by atoms with van der Waals surface area (Å²) in [5.74, 6) is 0.130. The molecule has 0 spiro atoms. The smallest absolute Gasteiger partial charge is 0.338 e. The molecule has 0 fully saturated rings. The van der Waals surface area contributed by atoms with Gasteiger partial charge in [-0.2, -0.15) is 0 Å². The van der Waals surface area contributed by atoms with E-state index < -0.39 is 0 Å². The van der Waals surface area contributed by atoms with Gasteiger partial charge in [0.2, 0.25) is 0 Å². The normalized spacial score (nSPS) is 10.8. The lowest BCUT2D eigenvalue weighted by atomic mass is 10.2. The van der Waals surface area contributed by atoms with Crippen LogP contribution in [-0.4, -0.2) is 18.2 Å². The first kappa shape index (κ1) is 13.8. The first-order valence-electron chi connectivity index (χ1n) is 5.57. The number of benzene rings is 1. The lowest BCUT2D eigenvalue weighted by molar-refractivity contribution is 0.0377. The fourth-order valence-corrected chi connectivity index (χ4v) is 1.42. The van der Waals surface area contributed by atoms with E-state index in [1.807, 2.05) is 13.8 Å². The van der Waals surface area contributed by atoms with Crippen molar-refractivity contribution in [1.29, 1.82) is 0 Å². The number of ether oxygens (including phenoxy) is 2. The Morgan fingerprint density at radius 3 is 2.35 bits per heavy atom. The summed E-state index contributed by atoms with van der Waals surface area (Å²) < 4.78 is 10.6. The highest BCUT2D eigenvalue weighted by Gasteiger charge is 2.13. The molecule has 4 heteroatoms. The van der Waals surface area contributed by atoms with Crippen molar-refractivity contribution in [1.82, 2.24) is 0 Å². The molecule has 0 unspecified atom stereocenters. The van der Waals surface area contributed by atoms with Crippen LogP contribution in [0.5, 0.6) is 5.75 Å². The Balaban J connectivity index is 2.91. The van der Waals surface area contributed by atoms with Crippen molar-refractivity contribution < 1.29 is 14.3 Å². The van der Waals surface area contributed by atoms with Crippen LogP contribution in [-0.2, 0) is 4.74 Å². The lowest BCUT2D eigenvalue weighted by Crippen LogP contribution is -2.12. The molecule has 0 aliphatic heterocycles. The van der Waals surface area contributed by atoms with Crippen LogP contribution in [0.2, 0.25) is 5.02 Å². The molecule has 0 radical (unpaired) electrons. The lowest BCUT2D eigenvalue weighted by Gasteiger charge is -2.13. The molecule has 0 atom stereocenters. The van der Waals surface area contributed by atoms with E-state index in [2.05, 4.69) is 0 Å². The molecule has 0 N–H and O–H groups in total. The Labute approximate surface area is 107 Å². The Morgan fingerprint density at radius 1 is 1.18 bits per heavy atom. The predicted molar refractivity (Wildman–Crippen MR) is 67.8 cm³/mol. The average molecular weight is 257 g/mol. The quantitative estimate of drug-likeness (QED) is 0.771. The van der Waals surface area contributed by atoms with E-state index >= 15 is 0 Å². The maximum Gasteiger partial charge on any atom is 0.338 e. The number of carbonyl (C=O) groups is 1. The van der Waals surface area contributed by atoms with Crippen molar-refractivity contribution in [3.05, 3.63) is 28.8 Å². The third-order valence-electron chi connectivity index (χ3n) is 1.87. The van der Waals surface area contributed by atoms with Gasteiger partial charge < -0.3 is 9.47 Å². The Hall–Kier alpha value is -1.22. The molecule has 0 aliphatic carbocycles. The zero-order valence-corrected chi connectivity index (χ0v) is 11.2. The van der Waals surface area contributed by atoms with Gasteiger partial charge in [-0.25, -0.2) is 4.79 Å². The number of halogens is 1. The van der Waals surface area contributed by atoms with E-state index in [-0.39, 0.29) is 18.2 Å². The second-order valence-electron chi connectivity index (χ2n) is 4.27. The first-order valence-corrected chi connectivity index (χ1v) is 5.95. The van der Waals surface area contributed by atoms with Gasteiger partial charge in [0, 0.05) is 0 Å². The number of carbonyl (C=O) groups excluding carboxylic acids is 1. The third kappa shape index (κ3) is 4.27. The fourth-order valence-electron chi connectivity index (χ4n) is 1.26. The maximum atomic E-state index is 11.7. The minimum absolute atomic E-state index is 0.00358. The highest BCUT2D eigenvalue weighted by atomic mass is 35.5. The van der Waals surface area contributed by atoms with Gasteiger partial charge >= 0.3 is 5.97 Å². The molecule has 0 bridgehead atoms. The third-order valence-corrected chi connectivity index (χ3v) is 2.18. The summed E-state index contributed by atoms with van der Waals surface area (Å²) in [5, 5.41) is 0.486. The summed E-state index contributed by atoms with van der Waals surface area (Å²) >= 11 is 5.97. The predicted octanol–water partition coefficient (Wildman–Crippen LogP) is 3.69. The van der Waals surface area contributed by atoms with Gasteiger partial charge in [-0.15, -0.1) is 0 Å². The molecular weight excluding hydrogens is 240 g/mol. The Kier molecular flexibility index (Phi) is 4.82. The molecule has 1 aromatic carbocycles. The first-order chi connectivity index (χ1) is 7.90. The molecule has 0 aromatic heterocycles. The van der Waals surface area contributed by atoms with E-state index in [1.54, 1.807) is 32.0 Å². The largest absolute Gasteiger partial charge is 0.489 e. The molecular formula is C13H17ClO3. The Morgan fingerprint density at radius 2 is 1.82 bits per heavy atom. The summed E-state index contributed by atoms with van der Waals surface area (Å²) in [6, 6.07) is 4.86. The van der Waals surface area contributed by atoms with Crippen LogP contribution in [0.15, 0.2) is 18.2 Å². The van der Waals surface area contributed by atoms with E-state index in [1.165, 1.54) is 0 Å². The Bertz CT molecular complexity index is 400. The minimum atomic E-state index is -0.370. The fraction of sp³-hybridized carbons (Fsp3) is 0.462. The van der Waals surface area contributed by atoms with Crippen molar-refractivity contribution in [3.63, 3.8) is 0 Å². The van der Waals surface area contributed by atoms with E-state index in [0.717, 1.165) is 0 Å². The molecule has 94 valence electrons. The maximum absolute atomic E-state index is 11.7. The molecule has 0 saturated carbocycles. The number of rotatable bonds is 4. The molecule has 17 heavy (non-hydrogen) atoms. The van der Waals surface area contributed by atoms with Gasteiger partial charge in [0.15, 0.2) is 0 Å². The number of esters is 1. The molecule has 0 heterocycles. The number of hydrogen-bond acceptors (Lipinski definition) is 3. The average Bonchev–Trinajstić information content (AvgIpc) is 2.19. The van der Waals surface area contributed by atoms with E-state index in [9.17, 15) is 4.79 Å². The van der Waals surface area contributed by atoms with Crippen molar-refractivity contribution in [2.45, 2.75) is 39.9 Å². The summed E-state index contributed by atoms with van der Waals surface area (Å²) in [4.78, 5) is 11.7. The van der Waals surface area contributed by atoms with Crippen molar-refractivity contribution >= 4 is 17.6 Å². The van der Waals surface area contributed by atoms with Crippen LogP contribution in [0.3, 0.4) is 0 Å². The van der Waals surface area contributed by atoms with E-state index in [4.69, 9.17) is 21.1 Å². The second-order valence-corrected chi connectivity index (χ2v) is 4.67. The standard InChI is InChI=1S/C13H17ClO3/c1-8(2)16-12-7-10(5-6-11(12)14)13(15)17-9(3)4/h5-9H,1-4H3. The van der Waals surface area contributed by atoms with Gasteiger partial charge in [0.1, 0.15) is 5.75 Å². The van der Waals surface area contributed by atoms with Crippen molar-refractivity contribution in [2.75, 3.05) is 0 Å². The highest BCUT2D eigenvalue weighted by Crippen LogP contribution is 2.26. The summed E-state index contributed by atoms with van der Waals surface area (Å²) in [6.45, 7) is 7.41. The van der Waals surface area contributed by atoms with Gasteiger partial charge in [-0.3, -0.25) is 0 Å². The summed E-state index contributed by atoms with van der Waals surface area (Å²) in [6.07, 6.45) is -0.142. The molecule has 1 rings (SSSR count). The molecule has 3 nitrogen and oxygen atoms in total. The van der Waals surface area contributed by atoms with Crippen LogP contribution < -0.4 is 4.74 Å². The molecule has 0 saturated heterocycles. The van der Waals surface area contributed by atoms with E-state index in [0.29, 0.717) is 16.3 Å². The van der Waals surface area contributed by atoms with Crippen LogP contribution in [0.1, 0.15) is 38.1 Å².